The van der Waals surface area contributed by atoms with Crippen LogP contribution in [0, 0.1) is 20.8 Å². The van der Waals surface area contributed by atoms with Crippen molar-refractivity contribution in [3.63, 3.8) is 0 Å². The van der Waals surface area contributed by atoms with Crippen molar-refractivity contribution in [2.24, 2.45) is 0 Å². The molecule has 0 N–H and O–H groups in total. The van der Waals surface area contributed by atoms with Gasteiger partial charge in [-0.15, -0.1) is 0 Å². The van der Waals surface area contributed by atoms with E-state index in [1.54, 1.807) is 0 Å². The molecule has 302 valence electrons. The summed E-state index contributed by atoms with van der Waals surface area (Å²) >= 11 is 0. The molecule has 1 aromatic heterocycles. The number of allylic oxidation sites excluding steroid dienone is 5. The summed E-state index contributed by atoms with van der Waals surface area (Å²) in [5.74, 6) is 0. The Morgan fingerprint density at radius 2 is 1.15 bits per heavy atom. The number of aryl methyl sites for hydroxylation is 2. The van der Waals surface area contributed by atoms with Crippen LogP contribution in [0.3, 0.4) is 0 Å². The number of rotatable bonds is 6. The summed E-state index contributed by atoms with van der Waals surface area (Å²) in [6, 6.07) is 64.5. The van der Waals surface area contributed by atoms with Gasteiger partial charge in [-0.05, 0) is 137 Å². The number of anilines is 3. The number of hydrogen-bond donors (Lipinski definition) is 0. The summed E-state index contributed by atoms with van der Waals surface area (Å²) in [5, 5.41) is 2.41. The summed E-state index contributed by atoms with van der Waals surface area (Å²) in [6.07, 6.45) is 9.42. The van der Waals surface area contributed by atoms with E-state index in [0.29, 0.717) is 0 Å². The fraction of sp³-hybridized carbons (Fsp3) is 0.100. The zero-order valence-corrected chi connectivity index (χ0v) is 36.4. The molecule has 0 unspecified atom stereocenters. The minimum absolute atomic E-state index is 0.819. The van der Waals surface area contributed by atoms with Gasteiger partial charge in [0.15, 0.2) is 0 Å². The molecular formula is C60H52N2. The highest BCUT2D eigenvalue weighted by Crippen LogP contribution is 2.50. The fourth-order valence-electron chi connectivity index (χ4n) is 9.36. The van der Waals surface area contributed by atoms with Crippen LogP contribution >= 0.6 is 0 Å². The molecule has 0 saturated heterocycles. The molecule has 62 heavy (non-hydrogen) atoms. The minimum atomic E-state index is 0.819. The Kier molecular flexibility index (Phi) is 11.2. The Morgan fingerprint density at radius 3 is 1.90 bits per heavy atom. The third-order valence-electron chi connectivity index (χ3n) is 12.3. The first-order valence-corrected chi connectivity index (χ1v) is 21.9. The van der Waals surface area contributed by atoms with Crippen molar-refractivity contribution in [3.05, 3.63) is 235 Å². The first kappa shape index (κ1) is 40.0. The average molecular weight is 801 g/mol. The minimum Gasteiger partial charge on any atom is -0.309 e. The second-order valence-electron chi connectivity index (χ2n) is 15.9. The SMILES string of the molecule is C=C1/C=C\C=C/Cc2ccc(N(c3ccc(-c4ccccc4C)c(C)c3-c3ccccc3C)c3cccc4c3c3ccccc3n4-c3ccccc3)cc2-c2ccccc21.CC. The predicted octanol–water partition coefficient (Wildman–Crippen LogP) is 16.9. The van der Waals surface area contributed by atoms with Gasteiger partial charge in [-0.3, -0.25) is 0 Å². The molecule has 8 aromatic carbocycles. The molecular weight excluding hydrogens is 749 g/mol. The Labute approximate surface area is 367 Å². The van der Waals surface area contributed by atoms with Crippen LogP contribution in [0.5, 0.6) is 0 Å². The highest BCUT2D eigenvalue weighted by atomic mass is 15.2. The summed E-state index contributed by atoms with van der Waals surface area (Å²) in [7, 11) is 0. The normalized spacial score (nSPS) is 13.1. The van der Waals surface area contributed by atoms with Gasteiger partial charge in [0.1, 0.15) is 0 Å². The number of hydrogen-bond acceptors (Lipinski definition) is 1. The van der Waals surface area contributed by atoms with Gasteiger partial charge >= 0.3 is 0 Å². The number of fused-ring (bicyclic) bond motifs is 6. The quantitative estimate of drug-likeness (QED) is 0.163. The fourth-order valence-corrected chi connectivity index (χ4v) is 9.36. The van der Waals surface area contributed by atoms with Gasteiger partial charge < -0.3 is 9.47 Å². The topological polar surface area (TPSA) is 8.17 Å². The van der Waals surface area contributed by atoms with E-state index in [1.807, 2.05) is 13.8 Å². The molecule has 0 amide bonds. The van der Waals surface area contributed by atoms with E-state index in [2.05, 4.69) is 237 Å². The van der Waals surface area contributed by atoms with Crippen LogP contribution in [0.15, 0.2) is 207 Å². The lowest BCUT2D eigenvalue weighted by Crippen LogP contribution is -2.13. The second-order valence-corrected chi connectivity index (χ2v) is 15.9. The number of benzene rings is 8. The van der Waals surface area contributed by atoms with Crippen LogP contribution in [0.25, 0.3) is 66.4 Å². The van der Waals surface area contributed by atoms with Crippen molar-refractivity contribution >= 4 is 44.4 Å². The lowest BCUT2D eigenvalue weighted by molar-refractivity contribution is 1.18. The van der Waals surface area contributed by atoms with E-state index in [-0.39, 0.29) is 0 Å². The van der Waals surface area contributed by atoms with E-state index >= 15 is 0 Å². The smallest absolute Gasteiger partial charge is 0.0562 e. The van der Waals surface area contributed by atoms with E-state index in [1.165, 1.54) is 71.9 Å². The van der Waals surface area contributed by atoms with Gasteiger partial charge in [0.05, 0.1) is 22.4 Å². The Balaban J connectivity index is 0.00000242. The Bertz CT molecular complexity index is 3170. The first-order chi connectivity index (χ1) is 30.5. The number of nitrogens with zero attached hydrogens (tertiary/aromatic N) is 2. The summed E-state index contributed by atoms with van der Waals surface area (Å²) in [6.45, 7) is 15.3. The molecule has 0 aliphatic heterocycles. The van der Waals surface area contributed by atoms with Gasteiger partial charge in [-0.2, -0.15) is 0 Å². The van der Waals surface area contributed by atoms with Crippen LogP contribution in [-0.4, -0.2) is 4.57 Å². The van der Waals surface area contributed by atoms with Crippen molar-refractivity contribution < 1.29 is 0 Å². The molecule has 0 fully saturated rings. The van der Waals surface area contributed by atoms with E-state index in [9.17, 15) is 0 Å². The van der Waals surface area contributed by atoms with E-state index in [0.717, 1.165) is 45.8 Å². The molecule has 0 atom stereocenters. The standard InChI is InChI=1S/C58H46N2.C2H6/c1-39-21-11-13-26-46(39)49-36-37-56(57(42(49)4)48-28-14-12-22-41(48)3)60(45-35-34-43-23-8-5-7-20-40(2)47-27-15-16-29-50(47)52(43)38-45)55-33-19-32-54-58(55)51-30-17-18-31-53(51)59(54)44-24-9-6-10-25-44;1-2/h5-22,24-38H,2,23H2,1,3-4H3;1-2H3/b8-5-,20-7-;. The van der Waals surface area contributed by atoms with E-state index < -0.39 is 0 Å². The largest absolute Gasteiger partial charge is 0.309 e. The molecule has 0 saturated carbocycles. The van der Waals surface area contributed by atoms with Crippen molar-refractivity contribution in [1.82, 2.24) is 4.57 Å². The van der Waals surface area contributed by atoms with Gasteiger partial charge in [0, 0.05) is 27.7 Å². The van der Waals surface area contributed by atoms with Crippen LogP contribution < -0.4 is 4.90 Å². The lowest BCUT2D eigenvalue weighted by Gasteiger charge is -2.31. The maximum Gasteiger partial charge on any atom is 0.0562 e. The number of aromatic nitrogens is 1. The second kappa shape index (κ2) is 17.3. The molecule has 10 rings (SSSR count). The third-order valence-corrected chi connectivity index (χ3v) is 12.3. The summed E-state index contributed by atoms with van der Waals surface area (Å²) < 4.78 is 2.41. The molecule has 0 radical (unpaired) electrons. The molecule has 1 aliphatic rings. The monoisotopic (exact) mass is 800 g/mol. The maximum absolute atomic E-state index is 4.51. The molecule has 2 nitrogen and oxygen atoms in total. The van der Waals surface area contributed by atoms with Crippen LogP contribution in [-0.2, 0) is 6.42 Å². The van der Waals surface area contributed by atoms with Crippen LogP contribution in [0.1, 0.15) is 41.7 Å². The van der Waals surface area contributed by atoms with Crippen LogP contribution in [0.2, 0.25) is 0 Å². The zero-order chi connectivity index (χ0) is 42.7. The molecule has 1 heterocycles. The number of para-hydroxylation sites is 2. The first-order valence-electron chi connectivity index (χ1n) is 21.9. The van der Waals surface area contributed by atoms with Crippen molar-refractivity contribution in [1.29, 1.82) is 0 Å². The summed E-state index contributed by atoms with van der Waals surface area (Å²) in [5.41, 5.74) is 21.3. The molecule has 2 heteroatoms. The van der Waals surface area contributed by atoms with Crippen molar-refractivity contribution in [2.75, 3.05) is 4.90 Å². The van der Waals surface area contributed by atoms with Crippen LogP contribution in [0.4, 0.5) is 17.1 Å². The Hall–Kier alpha value is -7.42. The van der Waals surface area contributed by atoms with Gasteiger partial charge in [-0.1, -0.05) is 172 Å². The molecule has 0 bridgehead atoms. The molecule has 0 spiro atoms. The lowest BCUT2D eigenvalue weighted by atomic mass is 9.87. The van der Waals surface area contributed by atoms with Crippen molar-refractivity contribution in [2.45, 2.75) is 41.0 Å². The van der Waals surface area contributed by atoms with Gasteiger partial charge in [-0.25, -0.2) is 0 Å². The maximum atomic E-state index is 4.51. The third kappa shape index (κ3) is 7.08. The Morgan fingerprint density at radius 1 is 0.500 bits per heavy atom. The summed E-state index contributed by atoms with van der Waals surface area (Å²) in [4.78, 5) is 2.53. The van der Waals surface area contributed by atoms with E-state index in [4.69, 9.17) is 0 Å². The molecule has 9 aromatic rings. The highest BCUT2D eigenvalue weighted by Gasteiger charge is 2.26. The zero-order valence-electron chi connectivity index (χ0n) is 36.4. The average Bonchev–Trinajstić information content (AvgIpc) is 3.66. The van der Waals surface area contributed by atoms with Gasteiger partial charge in [0.2, 0.25) is 0 Å². The molecule has 1 aliphatic carbocycles. The van der Waals surface area contributed by atoms with Crippen molar-refractivity contribution in [3.8, 4) is 39.1 Å². The highest BCUT2D eigenvalue weighted by molar-refractivity contribution is 6.17. The van der Waals surface area contributed by atoms with Gasteiger partial charge in [0.25, 0.3) is 0 Å². The predicted molar refractivity (Wildman–Crippen MR) is 268 cm³/mol.